The van der Waals surface area contributed by atoms with Crippen LogP contribution in [0.3, 0.4) is 0 Å². The zero-order chi connectivity index (χ0) is 16.6. The topological polar surface area (TPSA) is 72.5 Å². The van der Waals surface area contributed by atoms with Gasteiger partial charge in [0.2, 0.25) is 0 Å². The monoisotopic (exact) mass is 331 g/mol. The first-order valence-electron chi connectivity index (χ1n) is 7.21. The van der Waals surface area contributed by atoms with Crippen LogP contribution in [0.15, 0.2) is 47.4 Å². The van der Waals surface area contributed by atoms with Gasteiger partial charge in [-0.3, -0.25) is 4.79 Å². The van der Waals surface area contributed by atoms with Crippen LogP contribution in [0.5, 0.6) is 5.75 Å². The molecule has 1 aliphatic heterocycles. The number of para-hydroxylation sites is 1. The zero-order valence-corrected chi connectivity index (χ0v) is 13.7. The van der Waals surface area contributed by atoms with Crippen LogP contribution in [0.4, 0.5) is 5.69 Å². The van der Waals surface area contributed by atoms with E-state index in [1.165, 1.54) is 6.07 Å². The molecule has 0 fully saturated rings. The number of rotatable bonds is 3. The van der Waals surface area contributed by atoms with E-state index in [9.17, 15) is 13.2 Å². The van der Waals surface area contributed by atoms with E-state index in [-0.39, 0.29) is 10.8 Å². The number of nitrogens with one attached hydrogen (secondary N) is 1. The molecule has 0 saturated heterocycles. The Labute approximate surface area is 135 Å². The number of hydrogen-bond donors (Lipinski definition) is 1. The summed E-state index contributed by atoms with van der Waals surface area (Å²) in [6, 6.07) is 12.2. The molecule has 5 nitrogen and oxygen atoms in total. The minimum absolute atomic E-state index is 0.234. The molecule has 0 saturated carbocycles. The Morgan fingerprint density at radius 2 is 1.96 bits per heavy atom. The van der Waals surface area contributed by atoms with Crippen molar-refractivity contribution in [3.05, 3.63) is 53.6 Å². The SMILES string of the molecule is Cc1cc(S(C)(=O)=O)ccc1NC(=O)C1Cc2ccccc2O1. The number of sulfone groups is 1. The largest absolute Gasteiger partial charge is 0.480 e. The molecule has 0 aromatic heterocycles. The van der Waals surface area contributed by atoms with Gasteiger partial charge in [0.15, 0.2) is 15.9 Å². The Bertz CT molecular complexity index is 849. The van der Waals surface area contributed by atoms with Crippen LogP contribution in [-0.4, -0.2) is 26.7 Å². The summed E-state index contributed by atoms with van der Waals surface area (Å²) in [5.74, 6) is 0.494. The molecule has 1 amide bonds. The molecule has 2 aromatic rings. The van der Waals surface area contributed by atoms with Gasteiger partial charge in [0.1, 0.15) is 5.75 Å². The number of hydrogen-bond acceptors (Lipinski definition) is 4. The van der Waals surface area contributed by atoms with E-state index in [2.05, 4.69) is 5.32 Å². The molecule has 1 heterocycles. The van der Waals surface area contributed by atoms with Crippen LogP contribution in [0, 0.1) is 6.92 Å². The van der Waals surface area contributed by atoms with Crippen molar-refractivity contribution in [2.75, 3.05) is 11.6 Å². The van der Waals surface area contributed by atoms with Crippen molar-refractivity contribution in [1.29, 1.82) is 0 Å². The summed E-state index contributed by atoms with van der Waals surface area (Å²) >= 11 is 0. The first-order valence-corrected chi connectivity index (χ1v) is 9.10. The molecule has 120 valence electrons. The Balaban J connectivity index is 1.75. The number of ether oxygens (including phenoxy) is 1. The van der Waals surface area contributed by atoms with Gasteiger partial charge in [0, 0.05) is 18.4 Å². The van der Waals surface area contributed by atoms with Gasteiger partial charge in [-0.15, -0.1) is 0 Å². The maximum absolute atomic E-state index is 12.4. The Kier molecular flexibility index (Phi) is 3.85. The maximum atomic E-state index is 12.4. The summed E-state index contributed by atoms with van der Waals surface area (Å²) in [6.45, 7) is 1.76. The molecular formula is C17H17NO4S. The second-order valence-electron chi connectivity index (χ2n) is 5.66. The maximum Gasteiger partial charge on any atom is 0.265 e. The van der Waals surface area contributed by atoms with Crippen molar-refractivity contribution in [1.82, 2.24) is 0 Å². The Morgan fingerprint density at radius 3 is 2.61 bits per heavy atom. The van der Waals surface area contributed by atoms with Gasteiger partial charge in [-0.25, -0.2) is 8.42 Å². The molecule has 2 aromatic carbocycles. The van der Waals surface area contributed by atoms with Crippen LogP contribution in [-0.2, 0) is 21.1 Å². The van der Waals surface area contributed by atoms with Gasteiger partial charge in [0.05, 0.1) is 4.90 Å². The van der Waals surface area contributed by atoms with E-state index in [0.717, 1.165) is 17.6 Å². The second-order valence-corrected chi connectivity index (χ2v) is 7.67. The van der Waals surface area contributed by atoms with Crippen molar-refractivity contribution < 1.29 is 17.9 Å². The molecule has 1 unspecified atom stereocenters. The van der Waals surface area contributed by atoms with Crippen LogP contribution < -0.4 is 10.1 Å². The second kappa shape index (κ2) is 5.70. The highest BCUT2D eigenvalue weighted by atomic mass is 32.2. The number of fused-ring (bicyclic) bond motifs is 1. The average molecular weight is 331 g/mol. The number of aryl methyl sites for hydroxylation is 1. The van der Waals surface area contributed by atoms with Gasteiger partial charge in [0.25, 0.3) is 5.91 Å². The molecule has 0 spiro atoms. The molecule has 1 atom stereocenters. The van der Waals surface area contributed by atoms with E-state index in [1.807, 2.05) is 24.3 Å². The first kappa shape index (κ1) is 15.6. The Morgan fingerprint density at radius 1 is 1.22 bits per heavy atom. The zero-order valence-electron chi connectivity index (χ0n) is 12.9. The van der Waals surface area contributed by atoms with Crippen LogP contribution >= 0.6 is 0 Å². The van der Waals surface area contributed by atoms with E-state index in [1.54, 1.807) is 19.1 Å². The van der Waals surface area contributed by atoms with Gasteiger partial charge < -0.3 is 10.1 Å². The predicted octanol–water partition coefficient (Wildman–Crippen LogP) is 2.34. The highest BCUT2D eigenvalue weighted by Gasteiger charge is 2.29. The molecule has 0 bridgehead atoms. The average Bonchev–Trinajstić information content (AvgIpc) is 2.92. The normalized spacial score (nSPS) is 16.5. The third-order valence-corrected chi connectivity index (χ3v) is 4.93. The lowest BCUT2D eigenvalue weighted by Crippen LogP contribution is -2.31. The molecule has 0 radical (unpaired) electrons. The molecule has 3 rings (SSSR count). The lowest BCUT2D eigenvalue weighted by atomic mass is 10.1. The predicted molar refractivity (Wildman–Crippen MR) is 87.5 cm³/mol. The van der Waals surface area contributed by atoms with Crippen molar-refractivity contribution in [2.45, 2.75) is 24.3 Å². The molecule has 1 N–H and O–H groups in total. The Hall–Kier alpha value is -2.34. The highest BCUT2D eigenvalue weighted by molar-refractivity contribution is 7.90. The standard InChI is InChI=1S/C17H17NO4S/c1-11-9-13(23(2,20)21)7-8-14(11)18-17(19)16-10-12-5-3-4-6-15(12)22-16/h3-9,16H,10H2,1-2H3,(H,18,19). The van der Waals surface area contributed by atoms with Gasteiger partial charge in [-0.2, -0.15) is 0 Å². The van der Waals surface area contributed by atoms with Crippen molar-refractivity contribution in [2.24, 2.45) is 0 Å². The minimum Gasteiger partial charge on any atom is -0.480 e. The van der Waals surface area contributed by atoms with Crippen LogP contribution in [0.2, 0.25) is 0 Å². The van der Waals surface area contributed by atoms with E-state index in [4.69, 9.17) is 4.74 Å². The first-order chi connectivity index (χ1) is 10.8. The molecule has 0 aliphatic carbocycles. The van der Waals surface area contributed by atoms with Crippen molar-refractivity contribution >= 4 is 21.4 Å². The van der Waals surface area contributed by atoms with Crippen molar-refractivity contribution in [3.8, 4) is 5.75 Å². The quantitative estimate of drug-likeness (QED) is 0.937. The summed E-state index contributed by atoms with van der Waals surface area (Å²) in [4.78, 5) is 12.6. The molecule has 6 heteroatoms. The summed E-state index contributed by atoms with van der Waals surface area (Å²) in [5, 5.41) is 2.81. The smallest absolute Gasteiger partial charge is 0.265 e. The fourth-order valence-corrected chi connectivity index (χ4v) is 3.25. The number of benzene rings is 2. The van der Waals surface area contributed by atoms with Crippen LogP contribution in [0.1, 0.15) is 11.1 Å². The van der Waals surface area contributed by atoms with E-state index in [0.29, 0.717) is 17.7 Å². The third kappa shape index (κ3) is 3.22. The number of carbonyl (C=O) groups excluding carboxylic acids is 1. The van der Waals surface area contributed by atoms with E-state index >= 15 is 0 Å². The molecular weight excluding hydrogens is 314 g/mol. The van der Waals surface area contributed by atoms with Crippen LogP contribution in [0.25, 0.3) is 0 Å². The molecule has 23 heavy (non-hydrogen) atoms. The summed E-state index contributed by atoms with van der Waals surface area (Å²) < 4.78 is 28.7. The van der Waals surface area contributed by atoms with Crippen molar-refractivity contribution in [3.63, 3.8) is 0 Å². The lowest BCUT2D eigenvalue weighted by Gasteiger charge is -2.13. The number of anilines is 1. The van der Waals surface area contributed by atoms with Gasteiger partial charge >= 0.3 is 0 Å². The van der Waals surface area contributed by atoms with Gasteiger partial charge in [-0.05, 0) is 42.3 Å². The number of amides is 1. The lowest BCUT2D eigenvalue weighted by molar-refractivity contribution is -0.122. The highest BCUT2D eigenvalue weighted by Crippen LogP contribution is 2.29. The summed E-state index contributed by atoms with van der Waals surface area (Å²) in [7, 11) is -3.26. The molecule has 1 aliphatic rings. The fraction of sp³-hybridized carbons (Fsp3) is 0.235. The summed E-state index contributed by atoms with van der Waals surface area (Å²) in [5.41, 5.74) is 2.29. The van der Waals surface area contributed by atoms with E-state index < -0.39 is 15.9 Å². The van der Waals surface area contributed by atoms with Gasteiger partial charge in [-0.1, -0.05) is 18.2 Å². The fourth-order valence-electron chi connectivity index (χ4n) is 2.55. The third-order valence-electron chi connectivity index (χ3n) is 3.82. The summed E-state index contributed by atoms with van der Waals surface area (Å²) in [6.07, 6.45) is 1.12. The minimum atomic E-state index is -3.26. The number of carbonyl (C=O) groups is 1.